The molecule has 0 aliphatic rings. The fourth-order valence-corrected chi connectivity index (χ4v) is 2.01. The molecule has 0 heterocycles. The van der Waals surface area contributed by atoms with Crippen LogP contribution in [-0.4, -0.2) is 23.9 Å². The van der Waals surface area contributed by atoms with Gasteiger partial charge in [0.1, 0.15) is 6.42 Å². The summed E-state index contributed by atoms with van der Waals surface area (Å²) < 4.78 is 5.15. The summed E-state index contributed by atoms with van der Waals surface area (Å²) in [4.78, 5) is 35.5. The second-order valence-corrected chi connectivity index (χ2v) is 5.36. The Bertz CT molecular complexity index is 826. The first-order valence-corrected chi connectivity index (χ1v) is 7.83. The van der Waals surface area contributed by atoms with Crippen molar-refractivity contribution in [1.82, 2.24) is 0 Å². The zero-order chi connectivity index (χ0) is 18.9. The maximum Gasteiger partial charge on any atom is 0.338 e. The van der Waals surface area contributed by atoms with Crippen molar-refractivity contribution >= 4 is 29.2 Å². The maximum atomic E-state index is 12.1. The third-order valence-corrected chi connectivity index (χ3v) is 3.34. The van der Waals surface area contributed by atoms with Gasteiger partial charge < -0.3 is 15.4 Å². The van der Waals surface area contributed by atoms with Gasteiger partial charge in [-0.3, -0.25) is 9.59 Å². The van der Waals surface area contributed by atoms with E-state index >= 15 is 0 Å². The third kappa shape index (κ3) is 5.46. The minimum absolute atomic E-state index is 0.239. The number of benzene rings is 2. The topological polar surface area (TPSA) is 108 Å². The Labute approximate surface area is 150 Å². The van der Waals surface area contributed by atoms with E-state index in [-0.39, 0.29) is 12.0 Å². The second-order valence-electron chi connectivity index (χ2n) is 5.36. The molecule has 132 valence electrons. The molecule has 0 aliphatic carbocycles. The van der Waals surface area contributed by atoms with Crippen LogP contribution in [0.3, 0.4) is 0 Å². The highest BCUT2D eigenvalue weighted by atomic mass is 16.5. The van der Waals surface area contributed by atoms with Gasteiger partial charge >= 0.3 is 5.97 Å². The zero-order valence-corrected chi connectivity index (χ0v) is 14.1. The van der Waals surface area contributed by atoms with E-state index in [1.165, 1.54) is 31.2 Å². The Balaban J connectivity index is 1.91. The van der Waals surface area contributed by atoms with Crippen LogP contribution in [0.2, 0.25) is 0 Å². The average Bonchev–Trinajstić information content (AvgIpc) is 2.63. The number of carbonyl (C=O) groups is 3. The summed E-state index contributed by atoms with van der Waals surface area (Å²) in [5.74, 6) is -1.53. The molecule has 0 radical (unpaired) electrons. The quantitative estimate of drug-likeness (QED) is 0.778. The number of para-hydroxylation sites is 1. The molecule has 1 atom stereocenters. The SMILES string of the molecule is CC(OC(=O)c1ccc(NC(=O)CC#N)cc1)C(=O)Nc1ccccc1. The number of amides is 2. The Morgan fingerprint density at radius 2 is 1.62 bits per heavy atom. The number of nitriles is 1. The van der Waals surface area contributed by atoms with E-state index in [4.69, 9.17) is 10.00 Å². The van der Waals surface area contributed by atoms with Crippen molar-refractivity contribution in [2.45, 2.75) is 19.4 Å². The van der Waals surface area contributed by atoms with Crippen molar-refractivity contribution in [3.05, 3.63) is 60.2 Å². The van der Waals surface area contributed by atoms with Crippen molar-refractivity contribution < 1.29 is 19.1 Å². The Kier molecular flexibility index (Phi) is 6.46. The molecule has 0 aliphatic heterocycles. The van der Waals surface area contributed by atoms with Gasteiger partial charge in [-0.1, -0.05) is 18.2 Å². The minimum atomic E-state index is -0.974. The summed E-state index contributed by atoms with van der Waals surface area (Å²) in [5, 5.41) is 13.6. The fraction of sp³-hybridized carbons (Fsp3) is 0.158. The molecule has 0 spiro atoms. The van der Waals surface area contributed by atoms with E-state index in [1.807, 2.05) is 6.07 Å². The van der Waals surface area contributed by atoms with Crippen LogP contribution in [0, 0.1) is 11.3 Å². The lowest BCUT2D eigenvalue weighted by atomic mass is 10.2. The van der Waals surface area contributed by atoms with Crippen LogP contribution in [0.5, 0.6) is 0 Å². The van der Waals surface area contributed by atoms with Crippen molar-refractivity contribution in [3.8, 4) is 6.07 Å². The summed E-state index contributed by atoms with van der Waals surface area (Å²) in [6.07, 6.45) is -1.23. The zero-order valence-electron chi connectivity index (χ0n) is 14.1. The van der Waals surface area contributed by atoms with E-state index in [9.17, 15) is 14.4 Å². The first kappa shape index (κ1) is 18.7. The molecule has 2 aromatic rings. The van der Waals surface area contributed by atoms with Crippen LogP contribution in [0.15, 0.2) is 54.6 Å². The van der Waals surface area contributed by atoms with Gasteiger partial charge in [-0.15, -0.1) is 0 Å². The molecule has 7 nitrogen and oxygen atoms in total. The number of rotatable bonds is 6. The number of ether oxygens (including phenoxy) is 1. The molecule has 1 unspecified atom stereocenters. The lowest BCUT2D eigenvalue weighted by molar-refractivity contribution is -0.123. The predicted octanol–water partition coefficient (Wildman–Crippen LogP) is 2.72. The van der Waals surface area contributed by atoms with Gasteiger partial charge in [0, 0.05) is 11.4 Å². The normalized spacial score (nSPS) is 10.9. The summed E-state index contributed by atoms with van der Waals surface area (Å²) in [6, 6.07) is 16.5. The van der Waals surface area contributed by atoms with Crippen LogP contribution in [0.25, 0.3) is 0 Å². The van der Waals surface area contributed by atoms with Crippen molar-refractivity contribution in [1.29, 1.82) is 5.26 Å². The molecule has 0 fully saturated rings. The molecule has 0 aromatic heterocycles. The Hall–Kier alpha value is -3.66. The highest BCUT2D eigenvalue weighted by Crippen LogP contribution is 2.12. The molecular formula is C19H17N3O4. The number of nitrogens with one attached hydrogen (secondary N) is 2. The van der Waals surface area contributed by atoms with Crippen molar-refractivity contribution in [2.24, 2.45) is 0 Å². The van der Waals surface area contributed by atoms with Crippen molar-refractivity contribution in [3.63, 3.8) is 0 Å². The molecule has 2 aromatic carbocycles. The number of anilines is 2. The van der Waals surface area contributed by atoms with E-state index < -0.39 is 23.9 Å². The fourth-order valence-electron chi connectivity index (χ4n) is 2.01. The summed E-state index contributed by atoms with van der Waals surface area (Å²) in [7, 11) is 0. The standard InChI is InChI=1S/C19H17N3O4/c1-13(18(24)22-15-5-3-2-4-6-15)26-19(25)14-7-9-16(10-8-14)21-17(23)11-12-20/h2-10,13H,11H2,1H3,(H,21,23)(H,22,24). The van der Waals surface area contributed by atoms with Gasteiger partial charge in [0.25, 0.3) is 5.91 Å². The maximum absolute atomic E-state index is 12.1. The van der Waals surface area contributed by atoms with Crippen LogP contribution in [0.4, 0.5) is 11.4 Å². The van der Waals surface area contributed by atoms with Crippen LogP contribution in [0.1, 0.15) is 23.7 Å². The molecule has 2 amide bonds. The largest absolute Gasteiger partial charge is 0.449 e. The van der Waals surface area contributed by atoms with Gasteiger partial charge in [-0.25, -0.2) is 4.79 Å². The number of hydrogen-bond donors (Lipinski definition) is 2. The van der Waals surface area contributed by atoms with Gasteiger partial charge in [0.05, 0.1) is 11.6 Å². The summed E-state index contributed by atoms with van der Waals surface area (Å²) in [6.45, 7) is 1.48. The molecule has 2 N–H and O–H groups in total. The first-order chi connectivity index (χ1) is 12.5. The average molecular weight is 351 g/mol. The molecule has 0 saturated carbocycles. The minimum Gasteiger partial charge on any atom is -0.449 e. The molecule has 2 rings (SSSR count). The lowest BCUT2D eigenvalue weighted by Crippen LogP contribution is -2.30. The molecular weight excluding hydrogens is 334 g/mol. The highest BCUT2D eigenvalue weighted by molar-refractivity contribution is 5.97. The van der Waals surface area contributed by atoms with Gasteiger partial charge in [-0.2, -0.15) is 5.26 Å². The Morgan fingerprint density at radius 3 is 2.23 bits per heavy atom. The number of carbonyl (C=O) groups excluding carboxylic acids is 3. The van der Waals surface area contributed by atoms with E-state index in [2.05, 4.69) is 10.6 Å². The Morgan fingerprint density at radius 1 is 1.00 bits per heavy atom. The summed E-state index contributed by atoms with van der Waals surface area (Å²) in [5.41, 5.74) is 1.30. The highest BCUT2D eigenvalue weighted by Gasteiger charge is 2.19. The number of nitrogens with zero attached hydrogens (tertiary/aromatic N) is 1. The molecule has 7 heteroatoms. The van der Waals surface area contributed by atoms with Crippen LogP contribution >= 0.6 is 0 Å². The predicted molar refractivity (Wildman–Crippen MR) is 95.3 cm³/mol. The van der Waals surface area contributed by atoms with Gasteiger partial charge in [0.15, 0.2) is 6.10 Å². The molecule has 0 saturated heterocycles. The van der Waals surface area contributed by atoms with E-state index in [0.717, 1.165) is 0 Å². The lowest BCUT2D eigenvalue weighted by Gasteiger charge is -2.13. The van der Waals surface area contributed by atoms with E-state index in [1.54, 1.807) is 30.3 Å². The third-order valence-electron chi connectivity index (χ3n) is 3.34. The van der Waals surface area contributed by atoms with Crippen LogP contribution in [-0.2, 0) is 14.3 Å². The summed E-state index contributed by atoms with van der Waals surface area (Å²) >= 11 is 0. The molecule has 0 bridgehead atoms. The molecule has 26 heavy (non-hydrogen) atoms. The van der Waals surface area contributed by atoms with Crippen LogP contribution < -0.4 is 10.6 Å². The van der Waals surface area contributed by atoms with E-state index in [0.29, 0.717) is 11.4 Å². The number of esters is 1. The number of hydrogen-bond acceptors (Lipinski definition) is 5. The second kappa shape index (κ2) is 8.99. The van der Waals surface area contributed by atoms with Crippen molar-refractivity contribution in [2.75, 3.05) is 10.6 Å². The smallest absolute Gasteiger partial charge is 0.338 e. The monoisotopic (exact) mass is 351 g/mol. The van der Waals surface area contributed by atoms with Gasteiger partial charge in [-0.05, 0) is 43.3 Å². The first-order valence-electron chi connectivity index (χ1n) is 7.83. The van der Waals surface area contributed by atoms with Gasteiger partial charge in [0.2, 0.25) is 5.91 Å².